The molecular weight excluding hydrogens is 491 g/mol. The van der Waals surface area contributed by atoms with Crippen molar-refractivity contribution in [1.29, 1.82) is 0 Å². The number of halogens is 2. The molecule has 0 atom stereocenters. The van der Waals surface area contributed by atoms with E-state index in [9.17, 15) is 9.59 Å². The van der Waals surface area contributed by atoms with Gasteiger partial charge in [0.05, 0.1) is 22.8 Å². The zero-order valence-electron chi connectivity index (χ0n) is 17.4. The van der Waals surface area contributed by atoms with Gasteiger partial charge in [0, 0.05) is 16.1 Å². The lowest BCUT2D eigenvalue weighted by atomic mass is 10.1. The van der Waals surface area contributed by atoms with E-state index in [1.807, 2.05) is 54.6 Å². The first-order valence-corrected chi connectivity index (χ1v) is 11.9. The number of aromatic nitrogens is 3. The number of thiazole rings is 1. The highest BCUT2D eigenvalue weighted by atomic mass is 35.5. The number of hydrogen-bond donors (Lipinski definition) is 0. The van der Waals surface area contributed by atoms with Gasteiger partial charge in [0.15, 0.2) is 5.82 Å². The predicted octanol–water partition coefficient (Wildman–Crippen LogP) is 4.59. The second-order valence-electron chi connectivity index (χ2n) is 7.76. The molecule has 6 rings (SSSR count). The molecule has 0 saturated heterocycles. The van der Waals surface area contributed by atoms with Crippen LogP contribution in [0.15, 0.2) is 77.6 Å². The largest absolute Gasteiger partial charge is 0.303 e. The summed E-state index contributed by atoms with van der Waals surface area (Å²) in [6.07, 6.45) is 0. The second-order valence-corrected chi connectivity index (χ2v) is 9.58. The minimum Gasteiger partial charge on any atom is -0.303 e. The Morgan fingerprint density at radius 2 is 1.65 bits per heavy atom. The van der Waals surface area contributed by atoms with Gasteiger partial charge < -0.3 is 4.90 Å². The van der Waals surface area contributed by atoms with Crippen molar-refractivity contribution < 1.29 is 4.79 Å². The number of amides is 1. The molecule has 0 unspecified atom stereocenters. The normalized spacial score (nSPS) is 14.8. The predicted molar refractivity (Wildman–Crippen MR) is 134 cm³/mol. The van der Waals surface area contributed by atoms with Gasteiger partial charge in [-0.25, -0.2) is 0 Å². The number of benzene rings is 3. The molecule has 0 bridgehead atoms. The van der Waals surface area contributed by atoms with E-state index in [2.05, 4.69) is 10.1 Å². The minimum atomic E-state index is -0.386. The third kappa shape index (κ3) is 3.32. The number of hydrogen-bond acceptors (Lipinski definition) is 5. The first kappa shape index (κ1) is 21.0. The van der Waals surface area contributed by atoms with E-state index < -0.39 is 0 Å². The zero-order valence-corrected chi connectivity index (χ0v) is 19.7. The Morgan fingerprint density at radius 1 is 0.882 bits per heavy atom. The average Bonchev–Trinajstić information content (AvgIpc) is 3.46. The van der Waals surface area contributed by atoms with Gasteiger partial charge in [0.1, 0.15) is 4.53 Å². The molecule has 2 aromatic heterocycles. The van der Waals surface area contributed by atoms with Gasteiger partial charge >= 0.3 is 0 Å². The smallest absolute Gasteiger partial charge is 0.291 e. The Balaban J connectivity index is 1.50. The first-order valence-electron chi connectivity index (χ1n) is 10.4. The van der Waals surface area contributed by atoms with Gasteiger partial charge in [-0.15, -0.1) is 5.10 Å². The molecule has 0 N–H and O–H groups in total. The number of para-hydroxylation sites is 1. The van der Waals surface area contributed by atoms with Crippen LogP contribution in [0.2, 0.25) is 10.0 Å². The summed E-state index contributed by atoms with van der Waals surface area (Å²) in [5.74, 6) is 0.109. The van der Waals surface area contributed by atoms with Gasteiger partial charge in [0.25, 0.3) is 11.5 Å². The van der Waals surface area contributed by atoms with Crippen molar-refractivity contribution in [2.75, 3.05) is 4.90 Å². The third-order valence-electron chi connectivity index (χ3n) is 5.66. The summed E-state index contributed by atoms with van der Waals surface area (Å²) in [5, 5.41) is 5.26. The quantitative estimate of drug-likeness (QED) is 0.360. The maximum Gasteiger partial charge on any atom is 0.291 e. The summed E-state index contributed by atoms with van der Waals surface area (Å²) < 4.78 is 1.54. The fourth-order valence-electron chi connectivity index (χ4n) is 4.09. The van der Waals surface area contributed by atoms with Gasteiger partial charge in [-0.1, -0.05) is 83.1 Å². The first-order chi connectivity index (χ1) is 16.5. The van der Waals surface area contributed by atoms with Crippen molar-refractivity contribution in [3.05, 3.63) is 109 Å². The highest BCUT2D eigenvalue weighted by Crippen LogP contribution is 2.36. The Morgan fingerprint density at radius 3 is 2.41 bits per heavy atom. The van der Waals surface area contributed by atoms with Crippen molar-refractivity contribution >= 4 is 56.7 Å². The van der Waals surface area contributed by atoms with Crippen LogP contribution < -0.4 is 15.0 Å². The lowest BCUT2D eigenvalue weighted by Crippen LogP contribution is -2.32. The van der Waals surface area contributed by atoms with Crippen LogP contribution in [0.4, 0.5) is 5.69 Å². The van der Waals surface area contributed by atoms with Crippen molar-refractivity contribution in [2.45, 2.75) is 6.54 Å². The van der Waals surface area contributed by atoms with Crippen LogP contribution in [0, 0.1) is 0 Å². The molecule has 166 valence electrons. The molecule has 0 radical (unpaired) electrons. The van der Waals surface area contributed by atoms with E-state index in [0.29, 0.717) is 43.0 Å². The Bertz CT molecular complexity index is 1710. The van der Waals surface area contributed by atoms with Gasteiger partial charge in [0.2, 0.25) is 4.96 Å². The number of anilines is 1. The molecule has 0 fully saturated rings. The summed E-state index contributed by atoms with van der Waals surface area (Å²) in [5.41, 5.74) is 3.07. The number of carbonyl (C=O) groups excluding carboxylic acids is 1. The highest BCUT2D eigenvalue weighted by Gasteiger charge is 2.34. The molecule has 1 aliphatic rings. The van der Waals surface area contributed by atoms with Crippen molar-refractivity contribution in [3.63, 3.8) is 0 Å². The SMILES string of the molecule is O=C1/C(=c2\sc3nc(-c4ccc(Cl)cc4Cl)nn3c2=O)c2ccccc2N1Cc1ccccc1. The van der Waals surface area contributed by atoms with Crippen LogP contribution in [0.25, 0.3) is 21.9 Å². The molecule has 0 spiro atoms. The number of nitrogens with zero attached hydrogens (tertiary/aromatic N) is 4. The van der Waals surface area contributed by atoms with E-state index in [1.54, 1.807) is 23.1 Å². The summed E-state index contributed by atoms with van der Waals surface area (Å²) in [4.78, 5) is 33.5. The van der Waals surface area contributed by atoms with Gasteiger partial charge in [-0.2, -0.15) is 9.50 Å². The van der Waals surface area contributed by atoms with E-state index in [1.165, 1.54) is 4.52 Å². The molecular formula is C25H14Cl2N4O2S. The van der Waals surface area contributed by atoms with Crippen LogP contribution in [0.3, 0.4) is 0 Å². The molecule has 34 heavy (non-hydrogen) atoms. The summed E-state index contributed by atoms with van der Waals surface area (Å²) in [6.45, 7) is 0.411. The maximum absolute atomic E-state index is 13.6. The Labute approximate surface area is 207 Å². The monoisotopic (exact) mass is 504 g/mol. The lowest BCUT2D eigenvalue weighted by molar-refractivity contribution is -0.113. The van der Waals surface area contributed by atoms with Crippen molar-refractivity contribution in [2.24, 2.45) is 0 Å². The average molecular weight is 505 g/mol. The molecule has 6 nitrogen and oxygen atoms in total. The molecule has 0 saturated carbocycles. The van der Waals surface area contributed by atoms with Crippen LogP contribution in [0.5, 0.6) is 0 Å². The fourth-order valence-corrected chi connectivity index (χ4v) is 5.58. The summed E-state index contributed by atoms with van der Waals surface area (Å²) >= 11 is 13.4. The molecule has 9 heteroatoms. The summed E-state index contributed by atoms with van der Waals surface area (Å²) in [6, 6.07) is 22.3. The van der Waals surface area contributed by atoms with E-state index in [0.717, 1.165) is 28.2 Å². The second kappa shape index (κ2) is 8.06. The molecule has 1 amide bonds. The van der Waals surface area contributed by atoms with E-state index in [4.69, 9.17) is 23.2 Å². The summed E-state index contributed by atoms with van der Waals surface area (Å²) in [7, 11) is 0. The topological polar surface area (TPSA) is 67.6 Å². The third-order valence-corrected chi connectivity index (χ3v) is 7.24. The van der Waals surface area contributed by atoms with Crippen LogP contribution in [-0.2, 0) is 11.3 Å². The maximum atomic E-state index is 13.6. The van der Waals surface area contributed by atoms with Crippen molar-refractivity contribution in [3.8, 4) is 11.4 Å². The number of carbonyl (C=O) groups is 1. The van der Waals surface area contributed by atoms with Crippen LogP contribution in [0.1, 0.15) is 11.1 Å². The van der Waals surface area contributed by atoms with Crippen molar-refractivity contribution in [1.82, 2.24) is 14.6 Å². The van der Waals surface area contributed by atoms with Gasteiger partial charge in [-0.3, -0.25) is 9.59 Å². The highest BCUT2D eigenvalue weighted by molar-refractivity contribution is 7.15. The minimum absolute atomic E-state index is 0.215. The zero-order chi connectivity index (χ0) is 23.4. The lowest BCUT2D eigenvalue weighted by Gasteiger charge is -2.17. The Kier molecular flexibility index (Phi) is 4.99. The van der Waals surface area contributed by atoms with Crippen LogP contribution in [-0.4, -0.2) is 20.5 Å². The van der Waals surface area contributed by atoms with Crippen LogP contribution >= 0.6 is 34.5 Å². The molecule has 3 aromatic carbocycles. The van der Waals surface area contributed by atoms with E-state index in [-0.39, 0.29) is 11.5 Å². The standard InChI is InChI=1S/C25H14Cl2N4O2S/c26-15-10-11-16(18(27)12-15)22-28-25-31(29-22)24(33)21(34-25)20-17-8-4-5-9-19(17)30(23(20)32)13-14-6-2-1-3-7-14/h1-12H,13H2/b21-20-. The molecule has 5 aromatic rings. The molecule has 3 heterocycles. The fraction of sp³-hybridized carbons (Fsp3) is 0.0400. The number of rotatable bonds is 3. The molecule has 1 aliphatic heterocycles. The molecule has 0 aliphatic carbocycles. The van der Waals surface area contributed by atoms with Gasteiger partial charge in [-0.05, 0) is 29.8 Å². The Hall–Kier alpha value is -3.52. The number of fused-ring (bicyclic) bond motifs is 2. The van der Waals surface area contributed by atoms with E-state index >= 15 is 0 Å².